The van der Waals surface area contributed by atoms with Gasteiger partial charge in [-0.3, -0.25) is 24.5 Å². The summed E-state index contributed by atoms with van der Waals surface area (Å²) in [7, 11) is 0. The van der Waals surface area contributed by atoms with Gasteiger partial charge in [0.15, 0.2) is 0 Å². The fraction of sp³-hybridized carbons (Fsp3) is 0.357. The number of carbonyl (C=O) groups is 2. The standard InChI is InChI=1S/C13H15N3O5.CH2O3.2Cs/c1-13(2,3)21-10(17)7-15-8-5-4-6-9(16(19)20)11(8)14-12(15)18;2-1(3)4;;/h4-6H,7H2,1-3H3,(H,14,18);(H2,2,3,4);;/q;;2*+1/p-2. The zero-order valence-corrected chi connectivity index (χ0v) is 28.2. The number of nitro groups is 1. The Labute approximate surface area is 271 Å². The van der Waals surface area contributed by atoms with E-state index in [1.165, 1.54) is 18.2 Å². The van der Waals surface area contributed by atoms with Crippen molar-refractivity contribution in [2.24, 2.45) is 0 Å². The first-order valence-electron chi connectivity index (χ1n) is 6.88. The van der Waals surface area contributed by atoms with E-state index in [9.17, 15) is 19.7 Å². The maximum atomic E-state index is 11.9. The molecule has 1 aromatic heterocycles. The molecule has 0 bridgehead atoms. The Morgan fingerprint density at radius 3 is 2.19 bits per heavy atom. The quantitative estimate of drug-likeness (QED) is 0.201. The molecule has 0 aliphatic heterocycles. The minimum absolute atomic E-state index is 0. The molecule has 0 radical (unpaired) electrons. The molecule has 2 rings (SSSR count). The maximum absolute atomic E-state index is 11.9. The number of nitrogens with one attached hydrogen (secondary N) is 1. The van der Waals surface area contributed by atoms with E-state index in [0.717, 1.165) is 4.57 Å². The van der Waals surface area contributed by atoms with Gasteiger partial charge < -0.3 is 19.7 Å². The van der Waals surface area contributed by atoms with E-state index >= 15 is 0 Å². The number of non-ortho nitro benzene ring substituents is 1. The van der Waals surface area contributed by atoms with E-state index in [-0.39, 0.29) is 156 Å². The molecule has 0 saturated carbocycles. The molecule has 2 aromatic rings. The molecular weight excluding hydrogens is 604 g/mol. The Kier molecular flexibility index (Phi) is 14.5. The van der Waals surface area contributed by atoms with E-state index in [1.54, 1.807) is 20.8 Å². The van der Waals surface area contributed by atoms with Crippen molar-refractivity contribution in [3.05, 3.63) is 38.8 Å². The third-order valence-electron chi connectivity index (χ3n) is 2.69. The van der Waals surface area contributed by atoms with Crippen molar-refractivity contribution >= 4 is 28.8 Å². The minimum Gasteiger partial charge on any atom is -0.652 e. The first-order chi connectivity index (χ1) is 11.4. The van der Waals surface area contributed by atoms with Crippen LogP contribution in [0.4, 0.5) is 10.5 Å². The van der Waals surface area contributed by atoms with Gasteiger partial charge in [0.25, 0.3) is 5.69 Å². The predicted octanol–water partition coefficient (Wildman–Crippen LogP) is -6.86. The number of nitro benzene ring substituents is 1. The third kappa shape index (κ3) is 10.4. The van der Waals surface area contributed by atoms with Crippen LogP contribution in [0, 0.1) is 10.1 Å². The number of hydrogen-bond acceptors (Lipinski definition) is 8. The number of aromatic amines is 1. The zero-order chi connectivity index (χ0) is 19.4. The van der Waals surface area contributed by atoms with Crippen LogP contribution in [-0.4, -0.2) is 32.2 Å². The Morgan fingerprint density at radius 1 is 1.22 bits per heavy atom. The smallest absolute Gasteiger partial charge is 0.652 e. The molecule has 0 saturated heterocycles. The van der Waals surface area contributed by atoms with Crippen LogP contribution in [0.15, 0.2) is 23.0 Å². The number of nitrogens with zero attached hydrogens (tertiary/aromatic N) is 2. The van der Waals surface area contributed by atoms with Crippen molar-refractivity contribution in [3.63, 3.8) is 0 Å². The minimum atomic E-state index is -2.33. The predicted molar refractivity (Wildman–Crippen MR) is 80.5 cm³/mol. The number of carboxylic acid groups (broad SMARTS) is 2. The maximum Gasteiger partial charge on any atom is 1.00 e. The topological polar surface area (TPSA) is 170 Å². The van der Waals surface area contributed by atoms with Crippen molar-refractivity contribution < 1.29 is 167 Å². The number of hydrogen-bond donors (Lipinski definition) is 1. The van der Waals surface area contributed by atoms with Gasteiger partial charge in [-0.2, -0.15) is 0 Å². The molecule has 0 spiro atoms. The molecule has 136 valence electrons. The number of aromatic nitrogens is 2. The van der Waals surface area contributed by atoms with Crippen LogP contribution in [-0.2, 0) is 16.1 Å². The second-order valence-corrected chi connectivity index (χ2v) is 5.78. The second kappa shape index (κ2) is 13.1. The van der Waals surface area contributed by atoms with Crippen molar-refractivity contribution in [1.82, 2.24) is 9.55 Å². The van der Waals surface area contributed by atoms with Gasteiger partial charge in [-0.25, -0.2) is 4.79 Å². The van der Waals surface area contributed by atoms with Crippen molar-refractivity contribution in [1.29, 1.82) is 0 Å². The van der Waals surface area contributed by atoms with Gasteiger partial charge in [0.1, 0.15) is 17.7 Å². The van der Waals surface area contributed by atoms with Gasteiger partial charge >= 0.3 is 149 Å². The molecular formula is C14H15Cs2N3O8. The summed E-state index contributed by atoms with van der Waals surface area (Å²) < 4.78 is 6.27. The molecule has 11 nitrogen and oxygen atoms in total. The molecule has 27 heavy (non-hydrogen) atoms. The third-order valence-corrected chi connectivity index (χ3v) is 2.69. The first-order valence-corrected chi connectivity index (χ1v) is 6.88. The number of benzene rings is 1. The van der Waals surface area contributed by atoms with E-state index < -0.39 is 28.3 Å². The van der Waals surface area contributed by atoms with Crippen LogP contribution in [0.2, 0.25) is 0 Å². The largest absolute Gasteiger partial charge is 1.00 e. The van der Waals surface area contributed by atoms with Gasteiger partial charge in [0.2, 0.25) is 0 Å². The fourth-order valence-corrected chi connectivity index (χ4v) is 1.98. The second-order valence-electron chi connectivity index (χ2n) is 5.78. The van der Waals surface area contributed by atoms with Crippen LogP contribution in [0.25, 0.3) is 11.0 Å². The number of ether oxygens (including phenoxy) is 1. The normalized spacial score (nSPS) is 9.89. The van der Waals surface area contributed by atoms with Crippen molar-refractivity contribution in [2.45, 2.75) is 32.9 Å². The first kappa shape index (κ1) is 29.9. The number of esters is 1. The Morgan fingerprint density at radius 2 is 1.74 bits per heavy atom. The van der Waals surface area contributed by atoms with Gasteiger partial charge in [-0.05, 0) is 33.0 Å². The van der Waals surface area contributed by atoms with Crippen molar-refractivity contribution in [2.75, 3.05) is 0 Å². The molecule has 1 aromatic carbocycles. The van der Waals surface area contributed by atoms with E-state index in [2.05, 4.69) is 4.98 Å². The number of H-pyrrole nitrogens is 1. The van der Waals surface area contributed by atoms with E-state index in [4.69, 9.17) is 19.7 Å². The molecule has 1 N–H and O–H groups in total. The molecule has 0 fully saturated rings. The van der Waals surface area contributed by atoms with Gasteiger partial charge in [-0.1, -0.05) is 6.07 Å². The van der Waals surface area contributed by atoms with Crippen LogP contribution in [0.1, 0.15) is 20.8 Å². The SMILES string of the molecule is CC(C)(C)OC(=O)Cn1c(=O)[nH]c2c([N+](=O)[O-])cccc21.O=C([O-])[O-].[Cs+].[Cs+]. The fourth-order valence-electron chi connectivity index (χ4n) is 1.98. The summed E-state index contributed by atoms with van der Waals surface area (Å²) in [4.78, 5) is 44.8. The molecule has 0 aliphatic carbocycles. The number of para-hydroxylation sites is 1. The Bertz CT molecular complexity index is 865. The molecule has 0 aliphatic rings. The molecule has 1 heterocycles. The summed E-state index contributed by atoms with van der Waals surface area (Å²) in [5.74, 6) is -0.586. The Balaban J connectivity index is 0. The number of carbonyl (C=O) groups excluding carboxylic acids is 2. The van der Waals surface area contributed by atoms with E-state index in [1.807, 2.05) is 0 Å². The molecule has 0 unspecified atom stereocenters. The van der Waals surface area contributed by atoms with Crippen LogP contribution >= 0.6 is 0 Å². The molecule has 0 atom stereocenters. The summed E-state index contributed by atoms with van der Waals surface area (Å²) in [6.07, 6.45) is -2.33. The van der Waals surface area contributed by atoms with Crippen molar-refractivity contribution in [3.8, 4) is 0 Å². The summed E-state index contributed by atoms with van der Waals surface area (Å²) >= 11 is 0. The van der Waals surface area contributed by atoms with Crippen LogP contribution in [0.5, 0.6) is 0 Å². The average molecular weight is 619 g/mol. The molecule has 13 heteroatoms. The monoisotopic (exact) mass is 619 g/mol. The average Bonchev–Trinajstić information content (AvgIpc) is 2.72. The number of imidazole rings is 1. The number of rotatable bonds is 3. The summed E-state index contributed by atoms with van der Waals surface area (Å²) in [5, 5.41) is 27.6. The Hall–Kier alpha value is 0.734. The summed E-state index contributed by atoms with van der Waals surface area (Å²) in [6, 6.07) is 4.28. The summed E-state index contributed by atoms with van der Waals surface area (Å²) in [5.41, 5.74) is -1.09. The van der Waals surface area contributed by atoms with Crippen LogP contribution in [0.3, 0.4) is 0 Å². The van der Waals surface area contributed by atoms with Crippen LogP contribution < -0.4 is 154 Å². The summed E-state index contributed by atoms with van der Waals surface area (Å²) in [6.45, 7) is 4.84. The molecule has 0 amide bonds. The van der Waals surface area contributed by atoms with Gasteiger partial charge in [-0.15, -0.1) is 0 Å². The van der Waals surface area contributed by atoms with Gasteiger partial charge in [0.05, 0.1) is 10.4 Å². The zero-order valence-electron chi connectivity index (χ0n) is 15.6. The number of fused-ring (bicyclic) bond motifs is 1. The van der Waals surface area contributed by atoms with Gasteiger partial charge in [0, 0.05) is 6.07 Å². The van der Waals surface area contributed by atoms with E-state index in [0.29, 0.717) is 5.52 Å².